The van der Waals surface area contributed by atoms with Crippen molar-refractivity contribution in [3.8, 4) is 10.6 Å². The molecule has 0 bridgehead atoms. The van der Waals surface area contributed by atoms with E-state index < -0.39 is 11.2 Å². The molecule has 0 saturated heterocycles. The molecule has 2 aromatic heterocycles. The largest absolute Gasteiger partial charge is 0.459 e. The van der Waals surface area contributed by atoms with E-state index in [-0.39, 0.29) is 18.9 Å². The van der Waals surface area contributed by atoms with Crippen molar-refractivity contribution in [2.45, 2.75) is 23.2 Å². The number of hydrogen-bond donors (Lipinski definition) is 1. The van der Waals surface area contributed by atoms with Crippen molar-refractivity contribution >= 4 is 52.0 Å². The predicted molar refractivity (Wildman–Crippen MR) is 105 cm³/mol. The lowest BCUT2D eigenvalue weighted by Crippen LogP contribution is -2.31. The molecule has 0 fully saturated rings. The van der Waals surface area contributed by atoms with Crippen molar-refractivity contribution in [3.05, 3.63) is 52.2 Å². The second kappa shape index (κ2) is 7.61. The molecular formula is C18H14N2O3S3. The number of fused-ring (bicyclic) bond motifs is 1. The molecule has 0 spiro atoms. The fourth-order valence-corrected chi connectivity index (χ4v) is 5.10. The van der Waals surface area contributed by atoms with Crippen LogP contribution in [0.15, 0.2) is 51.4 Å². The highest BCUT2D eigenvalue weighted by Crippen LogP contribution is 2.36. The van der Waals surface area contributed by atoms with Crippen LogP contribution in [0.3, 0.4) is 0 Å². The minimum atomic E-state index is -0.478. The summed E-state index contributed by atoms with van der Waals surface area (Å²) in [6, 6.07) is 9.57. The minimum Gasteiger partial charge on any atom is -0.459 e. The normalized spacial score (nSPS) is 16.0. The number of nitrogens with one attached hydrogen (secondary N) is 1. The van der Waals surface area contributed by atoms with Gasteiger partial charge < -0.3 is 10.1 Å². The maximum absolute atomic E-state index is 12.2. The van der Waals surface area contributed by atoms with Crippen LogP contribution < -0.4 is 5.32 Å². The Labute approximate surface area is 162 Å². The van der Waals surface area contributed by atoms with Crippen LogP contribution in [-0.2, 0) is 20.9 Å². The van der Waals surface area contributed by atoms with E-state index in [4.69, 9.17) is 4.74 Å². The van der Waals surface area contributed by atoms with Gasteiger partial charge in [-0.3, -0.25) is 9.59 Å². The minimum absolute atomic E-state index is 0.0341. The van der Waals surface area contributed by atoms with Gasteiger partial charge in [-0.15, -0.1) is 23.1 Å². The first-order valence-electron chi connectivity index (χ1n) is 7.88. The van der Waals surface area contributed by atoms with E-state index in [1.54, 1.807) is 11.3 Å². The Balaban J connectivity index is 1.33. The maximum Gasteiger partial charge on any atom is 0.307 e. The molecule has 5 nitrogen and oxygen atoms in total. The molecule has 1 N–H and O–H groups in total. The van der Waals surface area contributed by atoms with E-state index in [0.29, 0.717) is 0 Å². The van der Waals surface area contributed by atoms with Gasteiger partial charge in [0.15, 0.2) is 0 Å². The van der Waals surface area contributed by atoms with Crippen LogP contribution in [0.4, 0.5) is 5.69 Å². The Bertz CT molecular complexity index is 937. The van der Waals surface area contributed by atoms with Crippen LogP contribution in [0, 0.1) is 0 Å². The van der Waals surface area contributed by atoms with E-state index in [9.17, 15) is 9.59 Å². The molecule has 1 aliphatic heterocycles. The number of para-hydroxylation sites is 1. The van der Waals surface area contributed by atoms with E-state index >= 15 is 0 Å². The molecule has 0 radical (unpaired) electrons. The molecule has 0 unspecified atom stereocenters. The molecule has 8 heteroatoms. The van der Waals surface area contributed by atoms with Gasteiger partial charge in [-0.2, -0.15) is 11.3 Å². The van der Waals surface area contributed by atoms with Crippen LogP contribution in [0.5, 0.6) is 0 Å². The van der Waals surface area contributed by atoms with Crippen molar-refractivity contribution in [1.29, 1.82) is 0 Å². The summed E-state index contributed by atoms with van der Waals surface area (Å²) in [6.45, 7) is 0.120. The number of amides is 1. The third-order valence-corrected chi connectivity index (χ3v) is 6.66. The molecule has 0 saturated carbocycles. The molecule has 132 valence electrons. The highest BCUT2D eigenvalue weighted by Gasteiger charge is 2.29. The zero-order valence-corrected chi connectivity index (χ0v) is 16.0. The van der Waals surface area contributed by atoms with Crippen LogP contribution in [0.1, 0.15) is 12.1 Å². The standard InChI is InChI=1S/C18H14N2O3S3/c21-16(7-15-17(22)20-13-3-1-2-4-14(13)26-15)23-8-12-10-25-18(19-12)11-5-6-24-9-11/h1-6,9-10,15H,7-8H2,(H,20,22)/t15-/m0/s1. The first kappa shape index (κ1) is 17.3. The molecule has 1 amide bonds. The quantitative estimate of drug-likeness (QED) is 0.640. The molecule has 26 heavy (non-hydrogen) atoms. The first-order valence-corrected chi connectivity index (χ1v) is 10.6. The summed E-state index contributed by atoms with van der Waals surface area (Å²) in [5, 5.41) is 9.19. The predicted octanol–water partition coefficient (Wildman–Crippen LogP) is 4.42. The van der Waals surface area contributed by atoms with Gasteiger partial charge in [0.25, 0.3) is 0 Å². The SMILES string of the molecule is O=C(C[C@@H]1Sc2ccccc2NC1=O)OCc1csc(-c2ccsc2)n1. The third-order valence-electron chi connectivity index (χ3n) is 3.76. The Kier molecular flexibility index (Phi) is 5.05. The maximum atomic E-state index is 12.2. The second-order valence-electron chi connectivity index (χ2n) is 5.61. The smallest absolute Gasteiger partial charge is 0.307 e. The third kappa shape index (κ3) is 3.82. The van der Waals surface area contributed by atoms with Crippen LogP contribution in [0.2, 0.25) is 0 Å². The van der Waals surface area contributed by atoms with Gasteiger partial charge in [-0.1, -0.05) is 12.1 Å². The topological polar surface area (TPSA) is 68.3 Å². The van der Waals surface area contributed by atoms with Crippen LogP contribution >= 0.6 is 34.4 Å². The van der Waals surface area contributed by atoms with Gasteiger partial charge in [0, 0.05) is 21.2 Å². The zero-order valence-electron chi connectivity index (χ0n) is 13.5. The Morgan fingerprint density at radius 1 is 1.23 bits per heavy atom. The number of nitrogens with zero attached hydrogens (tertiary/aromatic N) is 1. The molecule has 0 aliphatic carbocycles. The summed E-state index contributed by atoms with van der Waals surface area (Å²) in [7, 11) is 0. The molecule has 1 aliphatic rings. The lowest BCUT2D eigenvalue weighted by Gasteiger charge is -2.23. The van der Waals surface area contributed by atoms with Gasteiger partial charge in [0.05, 0.1) is 23.1 Å². The Morgan fingerprint density at radius 3 is 2.96 bits per heavy atom. The Hall–Kier alpha value is -2.16. The summed E-state index contributed by atoms with van der Waals surface area (Å²) in [5.41, 5.74) is 2.58. The number of anilines is 1. The van der Waals surface area contributed by atoms with Crippen molar-refractivity contribution in [2.75, 3.05) is 5.32 Å². The monoisotopic (exact) mass is 402 g/mol. The second-order valence-corrected chi connectivity index (χ2v) is 8.50. The number of hydrogen-bond acceptors (Lipinski definition) is 7. The van der Waals surface area contributed by atoms with Gasteiger partial charge in [0.1, 0.15) is 11.6 Å². The van der Waals surface area contributed by atoms with Crippen molar-refractivity contribution < 1.29 is 14.3 Å². The highest BCUT2D eigenvalue weighted by molar-refractivity contribution is 8.01. The summed E-state index contributed by atoms with van der Waals surface area (Å²) in [5.74, 6) is -0.568. The molecular weight excluding hydrogens is 388 g/mol. The average molecular weight is 403 g/mol. The summed E-state index contributed by atoms with van der Waals surface area (Å²) >= 11 is 4.53. The van der Waals surface area contributed by atoms with Gasteiger partial charge in [-0.05, 0) is 23.6 Å². The Morgan fingerprint density at radius 2 is 2.12 bits per heavy atom. The van der Waals surface area contributed by atoms with E-state index in [2.05, 4.69) is 10.3 Å². The van der Waals surface area contributed by atoms with Gasteiger partial charge >= 0.3 is 5.97 Å². The van der Waals surface area contributed by atoms with Gasteiger partial charge in [0.2, 0.25) is 5.91 Å². The lowest BCUT2D eigenvalue weighted by atomic mass is 10.2. The van der Waals surface area contributed by atoms with E-state index in [1.165, 1.54) is 23.1 Å². The number of aromatic nitrogens is 1. The number of carbonyl (C=O) groups excluding carboxylic acids is 2. The number of carbonyl (C=O) groups is 2. The van der Waals surface area contributed by atoms with Crippen molar-refractivity contribution in [3.63, 3.8) is 0 Å². The summed E-state index contributed by atoms with van der Waals surface area (Å²) in [6.07, 6.45) is 0.0341. The molecule has 4 rings (SSSR count). The number of thiazole rings is 1. The molecule has 1 atom stereocenters. The molecule has 3 aromatic rings. The number of rotatable bonds is 5. The fourth-order valence-electron chi connectivity index (χ4n) is 2.48. The number of esters is 1. The fraction of sp³-hybridized carbons (Fsp3) is 0.167. The highest BCUT2D eigenvalue weighted by atomic mass is 32.2. The van der Waals surface area contributed by atoms with Crippen molar-refractivity contribution in [2.24, 2.45) is 0 Å². The number of benzene rings is 1. The van der Waals surface area contributed by atoms with Crippen LogP contribution in [-0.4, -0.2) is 22.1 Å². The van der Waals surface area contributed by atoms with Crippen molar-refractivity contribution in [1.82, 2.24) is 4.98 Å². The van der Waals surface area contributed by atoms with Crippen LogP contribution in [0.25, 0.3) is 10.6 Å². The average Bonchev–Trinajstić information content (AvgIpc) is 3.32. The van der Waals surface area contributed by atoms with Gasteiger partial charge in [-0.25, -0.2) is 4.98 Å². The first-order chi connectivity index (χ1) is 12.7. The van der Waals surface area contributed by atoms with E-state index in [0.717, 1.165) is 26.8 Å². The number of ether oxygens (including phenoxy) is 1. The zero-order chi connectivity index (χ0) is 17.9. The summed E-state index contributed by atoms with van der Waals surface area (Å²) in [4.78, 5) is 29.7. The molecule has 3 heterocycles. The lowest BCUT2D eigenvalue weighted by molar-refractivity contribution is -0.145. The number of thiophene rings is 1. The number of thioether (sulfide) groups is 1. The summed E-state index contributed by atoms with van der Waals surface area (Å²) < 4.78 is 5.31. The van der Waals surface area contributed by atoms with E-state index in [1.807, 2.05) is 46.5 Å². The molecule has 1 aromatic carbocycles.